The van der Waals surface area contributed by atoms with Crippen molar-refractivity contribution in [2.75, 3.05) is 30.8 Å². The number of halogens is 2. The summed E-state index contributed by atoms with van der Waals surface area (Å²) in [5.74, 6) is 0.739. The number of aromatic nitrogens is 4. The van der Waals surface area contributed by atoms with E-state index in [9.17, 15) is 22.0 Å². The van der Waals surface area contributed by atoms with Gasteiger partial charge in [-0.3, -0.25) is 9.20 Å². The maximum Gasteiger partial charge on any atom is 0.329 e. The molecule has 5 heterocycles. The maximum atomic E-state index is 13.8. The highest BCUT2D eigenvalue weighted by molar-refractivity contribution is 7.92. The van der Waals surface area contributed by atoms with Crippen molar-refractivity contribution >= 4 is 38.4 Å². The molecule has 4 aromatic heterocycles. The third-order valence-electron chi connectivity index (χ3n) is 8.16. The van der Waals surface area contributed by atoms with Crippen LogP contribution in [0.3, 0.4) is 0 Å². The molecular weight excluding hydrogens is 580 g/mol. The summed E-state index contributed by atoms with van der Waals surface area (Å²) < 4.78 is 61.4. The Kier molecular flexibility index (Phi) is 7.53. The third kappa shape index (κ3) is 5.65. The van der Waals surface area contributed by atoms with Gasteiger partial charge in [-0.15, -0.1) is 0 Å². The lowest BCUT2D eigenvalue weighted by atomic mass is 9.97. The van der Waals surface area contributed by atoms with Crippen molar-refractivity contribution in [3.8, 4) is 17.3 Å². The molecule has 2 N–H and O–H groups in total. The van der Waals surface area contributed by atoms with Gasteiger partial charge in [-0.1, -0.05) is 6.92 Å². The molecule has 1 aliphatic heterocycles. The standard InChI is InChI=1S/C29H35F2N7O4S/c1-16-9-21(14-32-13-16)33-28(39)20-11-24-34-26(17(2)37(24)25(12-20)42-3)22-10-19-7-8-23(38(29(30)31)43(4,40)41)35-27(19)36(22)15-18-5-6-18/h7-8,10-12,16,18,21,29,32H,5-6,9,13-15H2,1-4H3,(H,33,39)/t16-,21+/m0/s1. The quantitative estimate of drug-likeness (QED) is 0.275. The SMILES string of the molecule is COc1cc(C(=O)N[C@H]2CNC[C@@H](C)C2)cc2nc(-c3cc4ccc(N(C(F)F)S(C)(=O)=O)nc4n3CC3CC3)c(C)n12. The predicted octanol–water partition coefficient (Wildman–Crippen LogP) is 3.79. The lowest BCUT2D eigenvalue weighted by Gasteiger charge is -2.28. The molecule has 1 aliphatic carbocycles. The number of alkyl halides is 2. The summed E-state index contributed by atoms with van der Waals surface area (Å²) in [4.78, 5) is 22.6. The molecule has 2 aliphatic rings. The summed E-state index contributed by atoms with van der Waals surface area (Å²) in [7, 11) is -2.73. The number of nitrogens with one attached hydrogen (secondary N) is 2. The van der Waals surface area contributed by atoms with Gasteiger partial charge in [0.15, 0.2) is 5.88 Å². The number of methoxy groups -OCH3 is 1. The van der Waals surface area contributed by atoms with Crippen LogP contribution in [0.5, 0.6) is 5.88 Å². The van der Waals surface area contributed by atoms with E-state index in [0.717, 1.165) is 37.8 Å². The van der Waals surface area contributed by atoms with Gasteiger partial charge in [-0.25, -0.2) is 18.4 Å². The molecule has 6 rings (SSSR count). The highest BCUT2D eigenvalue weighted by atomic mass is 32.2. The van der Waals surface area contributed by atoms with Crippen molar-refractivity contribution in [1.82, 2.24) is 29.6 Å². The molecule has 230 valence electrons. The summed E-state index contributed by atoms with van der Waals surface area (Å²) in [5.41, 5.74) is 3.44. The lowest BCUT2D eigenvalue weighted by Crippen LogP contribution is -2.48. The van der Waals surface area contributed by atoms with Crippen molar-refractivity contribution in [2.24, 2.45) is 11.8 Å². The number of anilines is 1. The van der Waals surface area contributed by atoms with Gasteiger partial charge >= 0.3 is 6.55 Å². The number of hydrogen-bond acceptors (Lipinski definition) is 7. The summed E-state index contributed by atoms with van der Waals surface area (Å²) in [6.07, 6.45) is 3.67. The van der Waals surface area contributed by atoms with Gasteiger partial charge in [-0.2, -0.15) is 13.1 Å². The first-order chi connectivity index (χ1) is 20.4. The second kappa shape index (κ2) is 11.1. The molecule has 14 heteroatoms. The van der Waals surface area contributed by atoms with Gasteiger partial charge in [0.05, 0.1) is 24.8 Å². The molecule has 0 aromatic carbocycles. The third-order valence-corrected chi connectivity index (χ3v) is 9.23. The molecule has 1 amide bonds. The van der Waals surface area contributed by atoms with E-state index in [2.05, 4.69) is 22.5 Å². The van der Waals surface area contributed by atoms with Gasteiger partial charge in [-0.05, 0) is 68.8 Å². The van der Waals surface area contributed by atoms with E-state index in [1.165, 1.54) is 13.2 Å². The van der Waals surface area contributed by atoms with Gasteiger partial charge < -0.3 is 19.9 Å². The van der Waals surface area contributed by atoms with Crippen molar-refractivity contribution in [2.45, 2.75) is 52.2 Å². The van der Waals surface area contributed by atoms with Crippen molar-refractivity contribution in [1.29, 1.82) is 0 Å². The van der Waals surface area contributed by atoms with E-state index < -0.39 is 16.6 Å². The van der Waals surface area contributed by atoms with Crippen LogP contribution in [0.4, 0.5) is 14.6 Å². The average molecular weight is 616 g/mol. The van der Waals surface area contributed by atoms with Crippen LogP contribution in [0.15, 0.2) is 30.3 Å². The van der Waals surface area contributed by atoms with Crippen LogP contribution in [-0.2, 0) is 16.6 Å². The number of piperidine rings is 1. The van der Waals surface area contributed by atoms with Crippen LogP contribution in [0.1, 0.15) is 42.2 Å². The molecule has 2 atom stereocenters. The molecule has 0 spiro atoms. The minimum Gasteiger partial charge on any atom is -0.482 e. The van der Waals surface area contributed by atoms with E-state index in [1.807, 2.05) is 22.0 Å². The minimum atomic E-state index is -4.26. The molecule has 0 radical (unpaired) electrons. The molecule has 2 fully saturated rings. The minimum absolute atomic E-state index is 0.0229. The fourth-order valence-electron chi connectivity index (χ4n) is 5.93. The largest absolute Gasteiger partial charge is 0.482 e. The van der Waals surface area contributed by atoms with E-state index in [1.54, 1.807) is 18.2 Å². The zero-order valence-corrected chi connectivity index (χ0v) is 25.3. The number of carbonyl (C=O) groups is 1. The summed E-state index contributed by atoms with van der Waals surface area (Å²) in [5, 5.41) is 7.13. The van der Waals surface area contributed by atoms with Gasteiger partial charge in [0.1, 0.15) is 22.8 Å². The van der Waals surface area contributed by atoms with Gasteiger partial charge in [0.2, 0.25) is 10.0 Å². The lowest BCUT2D eigenvalue weighted by molar-refractivity contribution is 0.0924. The van der Waals surface area contributed by atoms with E-state index in [0.29, 0.717) is 64.4 Å². The number of amides is 1. The van der Waals surface area contributed by atoms with Crippen LogP contribution in [0, 0.1) is 18.8 Å². The maximum absolute atomic E-state index is 13.8. The Morgan fingerprint density at radius 3 is 2.63 bits per heavy atom. The number of nitrogens with zero attached hydrogens (tertiary/aromatic N) is 5. The van der Waals surface area contributed by atoms with Crippen LogP contribution in [-0.4, -0.2) is 72.3 Å². The predicted molar refractivity (Wildman–Crippen MR) is 159 cm³/mol. The molecule has 0 unspecified atom stereocenters. The van der Waals surface area contributed by atoms with E-state index in [-0.39, 0.29) is 22.1 Å². The Bertz CT molecular complexity index is 1820. The number of pyridine rings is 2. The van der Waals surface area contributed by atoms with Crippen molar-refractivity contribution in [3.05, 3.63) is 41.6 Å². The molecule has 4 aromatic rings. The van der Waals surface area contributed by atoms with E-state index in [4.69, 9.17) is 9.72 Å². The second-order valence-electron chi connectivity index (χ2n) is 11.7. The molecule has 1 saturated carbocycles. The van der Waals surface area contributed by atoms with Crippen molar-refractivity contribution in [3.63, 3.8) is 0 Å². The smallest absolute Gasteiger partial charge is 0.329 e. The zero-order chi connectivity index (χ0) is 30.6. The number of sulfonamides is 1. The normalized spacial score (nSPS) is 19.3. The van der Waals surface area contributed by atoms with Gasteiger partial charge in [0, 0.05) is 36.1 Å². The van der Waals surface area contributed by atoms with Crippen LogP contribution < -0.4 is 19.7 Å². The van der Waals surface area contributed by atoms with Crippen molar-refractivity contribution < 1.29 is 26.7 Å². The number of hydrogen-bond donors (Lipinski definition) is 2. The zero-order valence-electron chi connectivity index (χ0n) is 24.5. The monoisotopic (exact) mass is 615 g/mol. The number of fused-ring (bicyclic) bond motifs is 2. The fraction of sp³-hybridized carbons (Fsp3) is 0.483. The summed E-state index contributed by atoms with van der Waals surface area (Å²) >= 11 is 0. The number of carbonyl (C=O) groups excluding carboxylic acids is 1. The number of aryl methyl sites for hydroxylation is 1. The Morgan fingerprint density at radius 1 is 1.21 bits per heavy atom. The highest BCUT2D eigenvalue weighted by Crippen LogP contribution is 2.38. The van der Waals surface area contributed by atoms with Crippen LogP contribution in [0.25, 0.3) is 28.1 Å². The number of imidazole rings is 1. The fourth-order valence-corrected chi connectivity index (χ4v) is 6.66. The first kappa shape index (κ1) is 29.3. The average Bonchev–Trinajstić information content (AvgIpc) is 3.61. The summed E-state index contributed by atoms with van der Waals surface area (Å²) in [6.45, 7) is 2.99. The number of rotatable bonds is 9. The molecule has 0 bridgehead atoms. The molecule has 1 saturated heterocycles. The molecule has 11 nitrogen and oxygen atoms in total. The van der Waals surface area contributed by atoms with Crippen LogP contribution >= 0.6 is 0 Å². The Morgan fingerprint density at radius 2 is 1.98 bits per heavy atom. The van der Waals surface area contributed by atoms with Gasteiger partial charge in [0.25, 0.3) is 5.91 Å². The topological polar surface area (TPSA) is 123 Å². The number of ether oxygens (including phenoxy) is 1. The Balaban J connectivity index is 1.44. The van der Waals surface area contributed by atoms with Crippen LogP contribution in [0.2, 0.25) is 0 Å². The van der Waals surface area contributed by atoms with E-state index >= 15 is 0 Å². The first-order valence-corrected chi connectivity index (χ1v) is 16.2. The highest BCUT2D eigenvalue weighted by Gasteiger charge is 2.31. The second-order valence-corrected chi connectivity index (χ2v) is 13.6. The molecular formula is C29H35F2N7O4S. The Hall–Kier alpha value is -3.78. The summed E-state index contributed by atoms with van der Waals surface area (Å²) in [6, 6.07) is 8.21. The first-order valence-electron chi connectivity index (χ1n) is 14.3. The Labute approximate surface area is 248 Å². The molecule has 43 heavy (non-hydrogen) atoms.